The Kier molecular flexibility index (Phi) is 4.54. The van der Waals surface area contributed by atoms with E-state index in [4.69, 9.17) is 0 Å². The summed E-state index contributed by atoms with van der Waals surface area (Å²) in [5, 5.41) is 6.43. The van der Waals surface area contributed by atoms with Gasteiger partial charge in [0.15, 0.2) is 5.78 Å². The van der Waals surface area contributed by atoms with Gasteiger partial charge in [-0.1, -0.05) is 19.1 Å². The zero-order valence-electron chi connectivity index (χ0n) is 11.8. The molecule has 1 heterocycles. The Morgan fingerprint density at radius 2 is 2.19 bits per heavy atom. The number of H-pyrrole nitrogens is 1. The first kappa shape index (κ1) is 15.4. The Bertz CT molecular complexity index is 724. The lowest BCUT2D eigenvalue weighted by Gasteiger charge is -2.13. The number of ketones is 1. The van der Waals surface area contributed by atoms with Crippen molar-refractivity contribution in [1.82, 2.24) is 14.9 Å². The van der Waals surface area contributed by atoms with Crippen molar-refractivity contribution in [3.05, 3.63) is 47.8 Å². The summed E-state index contributed by atoms with van der Waals surface area (Å²) in [4.78, 5) is 11.8. The second kappa shape index (κ2) is 6.19. The van der Waals surface area contributed by atoms with E-state index in [-0.39, 0.29) is 10.7 Å². The van der Waals surface area contributed by atoms with Gasteiger partial charge in [0.05, 0.1) is 11.1 Å². The molecule has 1 unspecified atom stereocenters. The van der Waals surface area contributed by atoms with Crippen molar-refractivity contribution in [2.45, 2.75) is 31.2 Å². The molecule has 0 saturated carbocycles. The highest BCUT2D eigenvalue weighted by Crippen LogP contribution is 2.17. The first-order chi connectivity index (χ1) is 9.94. The van der Waals surface area contributed by atoms with Crippen molar-refractivity contribution in [3.8, 4) is 0 Å². The summed E-state index contributed by atoms with van der Waals surface area (Å²) < 4.78 is 27.3. The molecule has 6 nitrogen and oxygen atoms in total. The molecule has 7 heteroatoms. The molecule has 0 aliphatic heterocycles. The van der Waals surface area contributed by atoms with Gasteiger partial charge in [-0.2, -0.15) is 5.10 Å². The number of hydrogen-bond acceptors (Lipinski definition) is 4. The molecule has 21 heavy (non-hydrogen) atoms. The molecule has 0 amide bonds. The largest absolute Gasteiger partial charge is 0.294 e. The van der Waals surface area contributed by atoms with E-state index in [1.54, 1.807) is 38.4 Å². The van der Waals surface area contributed by atoms with Crippen LogP contribution in [0.25, 0.3) is 0 Å². The predicted octanol–water partition coefficient (Wildman–Crippen LogP) is 2.04. The first-order valence-corrected chi connectivity index (χ1v) is 8.06. The molecule has 2 N–H and O–H groups in total. The predicted molar refractivity (Wildman–Crippen MR) is 78.4 cm³/mol. The average molecular weight is 307 g/mol. The maximum Gasteiger partial charge on any atom is 0.241 e. The fourth-order valence-corrected chi connectivity index (χ4v) is 3.18. The second-order valence-corrected chi connectivity index (χ2v) is 6.39. The van der Waals surface area contributed by atoms with Crippen LogP contribution in [0.15, 0.2) is 41.6 Å². The summed E-state index contributed by atoms with van der Waals surface area (Å²) in [6.45, 7) is 3.46. The third-order valence-electron chi connectivity index (χ3n) is 3.14. The van der Waals surface area contributed by atoms with Crippen LogP contribution in [0.1, 0.15) is 42.2 Å². The van der Waals surface area contributed by atoms with E-state index in [9.17, 15) is 13.2 Å². The van der Waals surface area contributed by atoms with Crippen LogP contribution in [0.2, 0.25) is 0 Å². The zero-order chi connectivity index (χ0) is 15.5. The number of Topliss-reactive ketones (excluding diaryl/α,β-unsaturated/α-hetero) is 1. The lowest BCUT2D eigenvalue weighted by atomic mass is 10.1. The van der Waals surface area contributed by atoms with Gasteiger partial charge >= 0.3 is 0 Å². The fraction of sp³-hybridized carbons (Fsp3) is 0.286. The van der Waals surface area contributed by atoms with E-state index in [0.717, 1.165) is 5.56 Å². The lowest BCUT2D eigenvalue weighted by Crippen LogP contribution is -2.26. The molecule has 2 rings (SSSR count). The van der Waals surface area contributed by atoms with Gasteiger partial charge in [0.1, 0.15) is 0 Å². The SMILES string of the molecule is CCC(=O)c1cccc(S(=O)(=O)NC(C)c2cn[nH]c2)c1. The van der Waals surface area contributed by atoms with Gasteiger partial charge in [-0.15, -0.1) is 0 Å². The lowest BCUT2D eigenvalue weighted by molar-refractivity contribution is 0.0988. The molecule has 0 spiro atoms. The van der Waals surface area contributed by atoms with Gasteiger partial charge in [0.2, 0.25) is 10.0 Å². The van der Waals surface area contributed by atoms with Crippen LogP contribution in [0, 0.1) is 0 Å². The van der Waals surface area contributed by atoms with Crippen LogP contribution in [0.5, 0.6) is 0 Å². The number of sulfonamides is 1. The van der Waals surface area contributed by atoms with Crippen molar-refractivity contribution in [2.75, 3.05) is 0 Å². The number of carbonyl (C=O) groups is 1. The second-order valence-electron chi connectivity index (χ2n) is 4.68. The van der Waals surface area contributed by atoms with Crippen LogP contribution < -0.4 is 4.72 Å². The van der Waals surface area contributed by atoms with Crippen molar-refractivity contribution < 1.29 is 13.2 Å². The summed E-state index contributed by atoms with van der Waals surface area (Å²) >= 11 is 0. The summed E-state index contributed by atoms with van der Waals surface area (Å²) in [5.74, 6) is -0.0880. The Balaban J connectivity index is 2.25. The Labute approximate surface area is 123 Å². The van der Waals surface area contributed by atoms with Crippen LogP contribution >= 0.6 is 0 Å². The minimum atomic E-state index is -3.69. The van der Waals surface area contributed by atoms with E-state index < -0.39 is 16.1 Å². The molecular weight excluding hydrogens is 290 g/mol. The maximum atomic E-state index is 12.3. The molecule has 0 saturated heterocycles. The number of aromatic amines is 1. The molecule has 0 aliphatic rings. The molecule has 2 aromatic rings. The smallest absolute Gasteiger partial charge is 0.241 e. The number of rotatable bonds is 6. The highest BCUT2D eigenvalue weighted by Gasteiger charge is 2.19. The molecule has 1 aromatic carbocycles. The Hall–Kier alpha value is -1.99. The van der Waals surface area contributed by atoms with Gasteiger partial charge in [-0.3, -0.25) is 9.89 Å². The van der Waals surface area contributed by atoms with Gasteiger partial charge in [-0.05, 0) is 19.1 Å². The van der Waals surface area contributed by atoms with E-state index in [2.05, 4.69) is 14.9 Å². The number of carbonyl (C=O) groups excluding carboxylic acids is 1. The van der Waals surface area contributed by atoms with Gasteiger partial charge in [0, 0.05) is 29.8 Å². The molecule has 0 fully saturated rings. The molecule has 0 radical (unpaired) electrons. The molecule has 0 aliphatic carbocycles. The molecule has 0 bridgehead atoms. The van der Waals surface area contributed by atoms with Crippen LogP contribution in [-0.2, 0) is 10.0 Å². The number of hydrogen-bond donors (Lipinski definition) is 2. The van der Waals surface area contributed by atoms with E-state index in [0.29, 0.717) is 12.0 Å². The number of nitrogens with zero attached hydrogens (tertiary/aromatic N) is 1. The van der Waals surface area contributed by atoms with Crippen molar-refractivity contribution in [3.63, 3.8) is 0 Å². The van der Waals surface area contributed by atoms with Crippen molar-refractivity contribution in [1.29, 1.82) is 0 Å². The van der Waals surface area contributed by atoms with Crippen LogP contribution in [0.3, 0.4) is 0 Å². The van der Waals surface area contributed by atoms with Crippen LogP contribution in [-0.4, -0.2) is 24.4 Å². The Morgan fingerprint density at radius 1 is 1.43 bits per heavy atom. The fourth-order valence-electron chi connectivity index (χ4n) is 1.91. The molecule has 1 aromatic heterocycles. The standard InChI is InChI=1S/C14H17N3O3S/c1-3-14(18)11-5-4-6-13(7-11)21(19,20)17-10(2)12-8-15-16-9-12/h4-10,17H,3H2,1-2H3,(H,15,16). The minimum Gasteiger partial charge on any atom is -0.294 e. The third kappa shape index (κ3) is 3.56. The monoisotopic (exact) mass is 307 g/mol. The molecule has 1 atom stereocenters. The van der Waals surface area contributed by atoms with E-state index >= 15 is 0 Å². The summed E-state index contributed by atoms with van der Waals surface area (Å²) in [6.07, 6.45) is 3.52. The summed E-state index contributed by atoms with van der Waals surface area (Å²) in [5.41, 5.74) is 1.13. The highest BCUT2D eigenvalue weighted by molar-refractivity contribution is 7.89. The number of nitrogens with one attached hydrogen (secondary N) is 2. The third-order valence-corrected chi connectivity index (χ3v) is 4.68. The zero-order valence-corrected chi connectivity index (χ0v) is 12.6. The van der Waals surface area contributed by atoms with E-state index in [1.165, 1.54) is 12.1 Å². The van der Waals surface area contributed by atoms with Gasteiger partial charge < -0.3 is 0 Å². The first-order valence-electron chi connectivity index (χ1n) is 6.58. The topological polar surface area (TPSA) is 91.9 Å². The highest BCUT2D eigenvalue weighted by atomic mass is 32.2. The Morgan fingerprint density at radius 3 is 2.81 bits per heavy atom. The van der Waals surface area contributed by atoms with E-state index in [1.807, 2.05) is 0 Å². The molecule has 112 valence electrons. The number of benzene rings is 1. The average Bonchev–Trinajstić information content (AvgIpc) is 3.00. The maximum absolute atomic E-state index is 12.3. The molecular formula is C14H17N3O3S. The normalized spacial score (nSPS) is 13.0. The summed E-state index contributed by atoms with van der Waals surface area (Å²) in [6, 6.07) is 5.64. The number of aromatic nitrogens is 2. The summed E-state index contributed by atoms with van der Waals surface area (Å²) in [7, 11) is -3.69. The van der Waals surface area contributed by atoms with Gasteiger partial charge in [0.25, 0.3) is 0 Å². The van der Waals surface area contributed by atoms with Crippen molar-refractivity contribution in [2.24, 2.45) is 0 Å². The van der Waals surface area contributed by atoms with Gasteiger partial charge in [-0.25, -0.2) is 13.1 Å². The van der Waals surface area contributed by atoms with Crippen LogP contribution in [0.4, 0.5) is 0 Å². The minimum absolute atomic E-state index is 0.0807. The quantitative estimate of drug-likeness (QED) is 0.799. The van der Waals surface area contributed by atoms with Crippen molar-refractivity contribution >= 4 is 15.8 Å².